The first-order valence-electron chi connectivity index (χ1n) is 9.48. The molecule has 2 N–H and O–H groups in total. The van der Waals surface area contributed by atoms with Gasteiger partial charge in [0, 0.05) is 35.8 Å². The number of likely N-dealkylation sites (tertiary alicyclic amines) is 1. The van der Waals surface area contributed by atoms with Gasteiger partial charge in [-0.05, 0) is 45.1 Å². The maximum atomic E-state index is 14.2. The van der Waals surface area contributed by atoms with Crippen LogP contribution in [0.3, 0.4) is 0 Å². The molecule has 1 aliphatic rings. The third-order valence-corrected chi connectivity index (χ3v) is 5.21. The first kappa shape index (κ1) is 21.0. The minimum absolute atomic E-state index is 0.00954. The zero-order valence-electron chi connectivity index (χ0n) is 16.2. The zero-order valence-corrected chi connectivity index (χ0v) is 16.2. The Morgan fingerprint density at radius 1 is 1.10 bits per heavy atom. The van der Waals surface area contributed by atoms with Crippen molar-refractivity contribution in [1.29, 1.82) is 0 Å². The molecule has 0 radical (unpaired) electrons. The largest absolute Gasteiger partial charge is 0.508 e. The Bertz CT molecular complexity index is 870. The van der Waals surface area contributed by atoms with E-state index in [2.05, 4.69) is 10.2 Å². The number of benzene rings is 2. The number of phenols is 1. The molecule has 5 nitrogen and oxygen atoms in total. The van der Waals surface area contributed by atoms with Crippen LogP contribution in [0.15, 0.2) is 36.4 Å². The topological polar surface area (TPSA) is 55.8 Å². The molecule has 0 unspecified atom stereocenters. The Kier molecular flexibility index (Phi) is 6.64. The van der Waals surface area contributed by atoms with Gasteiger partial charge in [-0.25, -0.2) is 18.0 Å². The van der Waals surface area contributed by atoms with E-state index < -0.39 is 23.5 Å². The number of aromatic hydroxyl groups is 1. The number of carbonyl (C=O) groups is 1. The number of rotatable bonds is 5. The standard InChI is InChI=1S/C21H24F3N3O2/c1-26-8-6-17(7-9-26)27(13-15-2-4-16(22)10-19(15)23)21(29)25-12-14-3-5-18(28)11-20(14)24/h2-5,10-11,17,28H,6-9,12-13H2,1H3,(H,25,29). The molecular formula is C21H24F3N3O2. The van der Waals surface area contributed by atoms with Gasteiger partial charge < -0.3 is 20.2 Å². The van der Waals surface area contributed by atoms with Crippen molar-refractivity contribution in [3.05, 3.63) is 65.0 Å². The average Bonchev–Trinajstić information content (AvgIpc) is 2.67. The van der Waals surface area contributed by atoms with Crippen LogP contribution < -0.4 is 5.32 Å². The summed E-state index contributed by atoms with van der Waals surface area (Å²) in [5.74, 6) is -2.21. The van der Waals surface area contributed by atoms with Crippen LogP contribution in [-0.2, 0) is 13.1 Å². The van der Waals surface area contributed by atoms with Crippen LogP contribution in [0.2, 0.25) is 0 Å². The highest BCUT2D eigenvalue weighted by Crippen LogP contribution is 2.21. The molecule has 2 amide bonds. The van der Waals surface area contributed by atoms with Crippen molar-refractivity contribution in [2.45, 2.75) is 32.0 Å². The summed E-state index contributed by atoms with van der Waals surface area (Å²) < 4.78 is 41.3. The third kappa shape index (κ3) is 5.41. The number of nitrogens with zero attached hydrogens (tertiary/aromatic N) is 2. The van der Waals surface area contributed by atoms with Crippen molar-refractivity contribution in [2.24, 2.45) is 0 Å². The van der Waals surface area contributed by atoms with Crippen molar-refractivity contribution < 1.29 is 23.1 Å². The van der Waals surface area contributed by atoms with Crippen LogP contribution in [0.1, 0.15) is 24.0 Å². The van der Waals surface area contributed by atoms with Crippen molar-refractivity contribution >= 4 is 6.03 Å². The molecule has 0 bridgehead atoms. The van der Waals surface area contributed by atoms with Crippen molar-refractivity contribution in [2.75, 3.05) is 20.1 Å². The summed E-state index contributed by atoms with van der Waals surface area (Å²) in [6, 6.07) is 6.44. The second-order valence-electron chi connectivity index (χ2n) is 7.33. The lowest BCUT2D eigenvalue weighted by Crippen LogP contribution is -2.49. The fourth-order valence-corrected chi connectivity index (χ4v) is 3.46. The van der Waals surface area contributed by atoms with Gasteiger partial charge in [-0.1, -0.05) is 12.1 Å². The second-order valence-corrected chi connectivity index (χ2v) is 7.33. The van der Waals surface area contributed by atoms with Gasteiger partial charge in [0.2, 0.25) is 0 Å². The van der Waals surface area contributed by atoms with Crippen molar-refractivity contribution in [3.63, 3.8) is 0 Å². The predicted octanol–water partition coefficient (Wildman–Crippen LogP) is 3.62. The molecule has 0 aliphatic carbocycles. The Hall–Kier alpha value is -2.74. The summed E-state index contributed by atoms with van der Waals surface area (Å²) >= 11 is 0. The summed E-state index contributed by atoms with van der Waals surface area (Å²) in [4.78, 5) is 16.6. The Balaban J connectivity index is 1.75. The van der Waals surface area contributed by atoms with E-state index >= 15 is 0 Å². The van der Waals surface area contributed by atoms with E-state index in [4.69, 9.17) is 0 Å². The van der Waals surface area contributed by atoms with Crippen LogP contribution in [0, 0.1) is 17.5 Å². The van der Waals surface area contributed by atoms with E-state index in [-0.39, 0.29) is 36.0 Å². The smallest absolute Gasteiger partial charge is 0.318 e. The van der Waals surface area contributed by atoms with Crippen LogP contribution >= 0.6 is 0 Å². The zero-order chi connectivity index (χ0) is 21.0. The summed E-state index contributed by atoms with van der Waals surface area (Å²) in [6.07, 6.45) is 1.45. The van der Waals surface area contributed by atoms with Crippen molar-refractivity contribution in [1.82, 2.24) is 15.1 Å². The van der Waals surface area contributed by atoms with E-state index in [1.54, 1.807) is 0 Å². The number of urea groups is 1. The van der Waals surface area contributed by atoms with Gasteiger partial charge >= 0.3 is 6.03 Å². The molecule has 1 saturated heterocycles. The number of carbonyl (C=O) groups excluding carboxylic acids is 1. The molecule has 8 heteroatoms. The van der Waals surface area contributed by atoms with Gasteiger partial charge in [-0.15, -0.1) is 0 Å². The highest BCUT2D eigenvalue weighted by atomic mass is 19.1. The van der Waals surface area contributed by atoms with E-state index in [0.29, 0.717) is 0 Å². The molecule has 0 aromatic heterocycles. The lowest BCUT2D eigenvalue weighted by atomic mass is 10.0. The molecular weight excluding hydrogens is 383 g/mol. The third-order valence-electron chi connectivity index (χ3n) is 5.21. The van der Waals surface area contributed by atoms with Gasteiger partial charge in [0.05, 0.1) is 6.54 Å². The van der Waals surface area contributed by atoms with E-state index in [9.17, 15) is 23.1 Å². The van der Waals surface area contributed by atoms with Gasteiger partial charge in [0.1, 0.15) is 23.2 Å². The van der Waals surface area contributed by atoms with E-state index in [1.165, 1.54) is 23.1 Å². The Morgan fingerprint density at radius 2 is 1.76 bits per heavy atom. The molecule has 1 aliphatic heterocycles. The highest BCUT2D eigenvalue weighted by Gasteiger charge is 2.28. The van der Waals surface area contributed by atoms with Crippen LogP contribution in [0.25, 0.3) is 0 Å². The monoisotopic (exact) mass is 407 g/mol. The quantitative estimate of drug-likeness (QED) is 0.796. The Morgan fingerprint density at radius 3 is 2.41 bits per heavy atom. The fraction of sp³-hybridized carbons (Fsp3) is 0.381. The van der Waals surface area contributed by atoms with Gasteiger partial charge in [-0.2, -0.15) is 0 Å². The van der Waals surface area contributed by atoms with Gasteiger partial charge in [0.25, 0.3) is 0 Å². The van der Waals surface area contributed by atoms with E-state index in [1.807, 2.05) is 7.05 Å². The Labute approximate surface area is 167 Å². The van der Waals surface area contributed by atoms with Gasteiger partial charge in [-0.3, -0.25) is 0 Å². The lowest BCUT2D eigenvalue weighted by molar-refractivity contribution is 0.126. The first-order valence-corrected chi connectivity index (χ1v) is 9.48. The number of amides is 2. The molecule has 1 fully saturated rings. The molecule has 0 spiro atoms. The van der Waals surface area contributed by atoms with E-state index in [0.717, 1.165) is 44.1 Å². The maximum absolute atomic E-state index is 14.2. The first-order chi connectivity index (χ1) is 13.8. The minimum Gasteiger partial charge on any atom is -0.508 e. The van der Waals surface area contributed by atoms with Crippen LogP contribution in [-0.4, -0.2) is 47.1 Å². The molecule has 0 atom stereocenters. The second kappa shape index (κ2) is 9.17. The fourth-order valence-electron chi connectivity index (χ4n) is 3.46. The van der Waals surface area contributed by atoms with Gasteiger partial charge in [0.15, 0.2) is 0 Å². The predicted molar refractivity (Wildman–Crippen MR) is 103 cm³/mol. The number of phenolic OH excluding ortho intramolecular Hbond substituents is 1. The molecule has 2 aromatic carbocycles. The van der Waals surface area contributed by atoms with Crippen LogP contribution in [0.4, 0.5) is 18.0 Å². The molecule has 156 valence electrons. The SMILES string of the molecule is CN1CCC(N(Cc2ccc(F)cc2F)C(=O)NCc2ccc(O)cc2F)CC1. The maximum Gasteiger partial charge on any atom is 0.318 e. The lowest BCUT2D eigenvalue weighted by Gasteiger charge is -2.37. The summed E-state index contributed by atoms with van der Waals surface area (Å²) in [6.45, 7) is 1.52. The molecule has 29 heavy (non-hydrogen) atoms. The highest BCUT2D eigenvalue weighted by molar-refractivity contribution is 5.74. The molecule has 0 saturated carbocycles. The summed E-state index contributed by atoms with van der Waals surface area (Å²) in [7, 11) is 1.99. The summed E-state index contributed by atoms with van der Waals surface area (Å²) in [5.41, 5.74) is 0.448. The molecule has 3 rings (SSSR count). The minimum atomic E-state index is -0.708. The van der Waals surface area contributed by atoms with Crippen molar-refractivity contribution in [3.8, 4) is 5.75 Å². The normalized spacial score (nSPS) is 15.3. The molecule has 2 aromatic rings. The number of nitrogens with one attached hydrogen (secondary N) is 1. The average molecular weight is 407 g/mol. The van der Waals surface area contributed by atoms with Crippen LogP contribution in [0.5, 0.6) is 5.75 Å². The number of piperidine rings is 1. The summed E-state index contributed by atoms with van der Waals surface area (Å²) in [5, 5.41) is 12.0. The number of hydrogen-bond donors (Lipinski definition) is 2. The molecule has 1 heterocycles. The number of hydrogen-bond acceptors (Lipinski definition) is 3. The number of halogens is 3.